The van der Waals surface area contributed by atoms with Gasteiger partial charge in [0.15, 0.2) is 6.20 Å². The van der Waals surface area contributed by atoms with E-state index in [4.69, 9.17) is 4.74 Å². The Balaban J connectivity index is 1.62. The zero-order chi connectivity index (χ0) is 16.2. The molecule has 23 heavy (non-hydrogen) atoms. The van der Waals surface area contributed by atoms with Crippen LogP contribution in [0.25, 0.3) is 0 Å². The van der Waals surface area contributed by atoms with Crippen molar-refractivity contribution in [2.75, 3.05) is 43.1 Å². The molecule has 0 bridgehead atoms. The van der Waals surface area contributed by atoms with Crippen molar-refractivity contribution in [1.82, 2.24) is 4.98 Å². The lowest BCUT2D eigenvalue weighted by Gasteiger charge is -2.36. The van der Waals surface area contributed by atoms with Gasteiger partial charge >= 0.3 is 5.82 Å². The molecule has 0 N–H and O–H groups in total. The summed E-state index contributed by atoms with van der Waals surface area (Å²) in [4.78, 5) is 18.6. The van der Waals surface area contributed by atoms with Gasteiger partial charge in [-0.2, -0.15) is 0 Å². The van der Waals surface area contributed by atoms with Crippen molar-refractivity contribution in [3.8, 4) is 5.75 Å². The highest BCUT2D eigenvalue weighted by Gasteiger charge is 2.19. The van der Waals surface area contributed by atoms with Gasteiger partial charge in [0, 0.05) is 37.9 Å². The van der Waals surface area contributed by atoms with Crippen LogP contribution in [0.5, 0.6) is 5.75 Å². The smallest absolute Gasteiger partial charge is 0.363 e. The number of piperazine rings is 1. The van der Waals surface area contributed by atoms with Crippen LogP contribution in [-0.2, 0) is 0 Å². The molecule has 0 unspecified atom stereocenters. The summed E-state index contributed by atoms with van der Waals surface area (Å²) >= 11 is 0. The molecule has 1 aliphatic heterocycles. The molecular weight excluding hydrogens is 296 g/mol. The zero-order valence-corrected chi connectivity index (χ0v) is 12.9. The number of nitro groups is 1. The first-order chi connectivity index (χ1) is 11.2. The van der Waals surface area contributed by atoms with E-state index < -0.39 is 4.92 Å². The van der Waals surface area contributed by atoms with Crippen LogP contribution in [0.2, 0.25) is 0 Å². The minimum absolute atomic E-state index is 0.120. The first-order valence-corrected chi connectivity index (χ1v) is 7.42. The SMILES string of the molecule is COc1ccc(N2CCN(c3ccc([N+](=O)[O-])nc3)CC2)cc1. The number of methoxy groups -OCH3 is 1. The van der Waals surface area contributed by atoms with Gasteiger partial charge in [0.1, 0.15) is 5.75 Å². The summed E-state index contributed by atoms with van der Waals surface area (Å²) in [6.45, 7) is 3.49. The topological polar surface area (TPSA) is 71.7 Å². The number of rotatable bonds is 4. The predicted octanol–water partition coefficient (Wildman–Crippen LogP) is 2.33. The van der Waals surface area contributed by atoms with Gasteiger partial charge in [-0.15, -0.1) is 0 Å². The Morgan fingerprint density at radius 2 is 1.57 bits per heavy atom. The number of benzene rings is 1. The Kier molecular flexibility index (Phi) is 4.27. The standard InChI is InChI=1S/C16H18N4O3/c1-23-15-5-2-13(3-6-15)18-8-10-19(11-9-18)14-4-7-16(17-12-14)20(21)22/h2-7,12H,8-11H2,1H3. The third kappa shape index (κ3) is 3.33. The summed E-state index contributed by atoms with van der Waals surface area (Å²) in [5.74, 6) is 0.731. The summed E-state index contributed by atoms with van der Waals surface area (Å²) in [6, 6.07) is 11.2. The molecule has 1 aliphatic rings. The fourth-order valence-electron chi connectivity index (χ4n) is 2.69. The molecule has 2 aromatic rings. The third-order valence-corrected chi connectivity index (χ3v) is 4.00. The van der Waals surface area contributed by atoms with Gasteiger partial charge in [0.05, 0.1) is 12.8 Å². The van der Waals surface area contributed by atoms with Gasteiger partial charge < -0.3 is 24.7 Å². The van der Waals surface area contributed by atoms with Crippen LogP contribution in [0.1, 0.15) is 0 Å². The van der Waals surface area contributed by atoms with E-state index in [1.807, 2.05) is 12.1 Å². The molecule has 120 valence electrons. The summed E-state index contributed by atoms with van der Waals surface area (Å²) in [6.07, 6.45) is 1.57. The Morgan fingerprint density at radius 1 is 1.00 bits per heavy atom. The van der Waals surface area contributed by atoms with E-state index in [0.29, 0.717) is 0 Å². The summed E-state index contributed by atoms with van der Waals surface area (Å²) < 4.78 is 5.18. The fourth-order valence-corrected chi connectivity index (χ4v) is 2.69. The molecule has 0 aliphatic carbocycles. The number of aromatic nitrogens is 1. The van der Waals surface area contributed by atoms with Crippen LogP contribution < -0.4 is 14.5 Å². The number of hydrogen-bond donors (Lipinski definition) is 0. The maximum absolute atomic E-state index is 10.6. The molecule has 0 saturated carbocycles. The van der Waals surface area contributed by atoms with E-state index in [9.17, 15) is 10.1 Å². The van der Waals surface area contributed by atoms with Crippen molar-refractivity contribution in [3.63, 3.8) is 0 Å². The molecule has 2 heterocycles. The van der Waals surface area contributed by atoms with Gasteiger partial charge in [-0.1, -0.05) is 0 Å². The van der Waals surface area contributed by atoms with E-state index in [1.54, 1.807) is 19.4 Å². The number of anilines is 2. The quantitative estimate of drug-likeness (QED) is 0.637. The molecule has 0 radical (unpaired) electrons. The van der Waals surface area contributed by atoms with Crippen molar-refractivity contribution >= 4 is 17.2 Å². The predicted molar refractivity (Wildman–Crippen MR) is 88.3 cm³/mol. The van der Waals surface area contributed by atoms with Gasteiger partial charge in [-0.3, -0.25) is 0 Å². The van der Waals surface area contributed by atoms with E-state index >= 15 is 0 Å². The second-order valence-corrected chi connectivity index (χ2v) is 5.30. The summed E-state index contributed by atoms with van der Waals surface area (Å²) in [7, 11) is 1.66. The van der Waals surface area contributed by atoms with Crippen LogP contribution in [0.4, 0.5) is 17.2 Å². The maximum atomic E-state index is 10.6. The van der Waals surface area contributed by atoms with Gasteiger partial charge in [0.2, 0.25) is 0 Å². The van der Waals surface area contributed by atoms with Crippen molar-refractivity contribution in [1.29, 1.82) is 0 Å². The Hall–Kier alpha value is -2.83. The highest BCUT2D eigenvalue weighted by atomic mass is 16.6. The molecule has 7 nitrogen and oxygen atoms in total. The van der Waals surface area contributed by atoms with Crippen LogP contribution in [0.3, 0.4) is 0 Å². The van der Waals surface area contributed by atoms with Gasteiger partial charge in [-0.05, 0) is 40.2 Å². The molecule has 7 heteroatoms. The van der Waals surface area contributed by atoms with E-state index in [0.717, 1.165) is 37.6 Å². The molecule has 1 aromatic heterocycles. The minimum atomic E-state index is -0.481. The number of nitrogens with zero attached hydrogens (tertiary/aromatic N) is 4. The van der Waals surface area contributed by atoms with Crippen molar-refractivity contribution in [2.45, 2.75) is 0 Å². The number of hydrogen-bond acceptors (Lipinski definition) is 6. The Bertz CT molecular complexity index is 665. The second kappa shape index (κ2) is 6.51. The van der Waals surface area contributed by atoms with E-state index in [2.05, 4.69) is 26.9 Å². The number of pyridine rings is 1. The maximum Gasteiger partial charge on any atom is 0.363 e. The Morgan fingerprint density at radius 3 is 2.04 bits per heavy atom. The molecule has 0 spiro atoms. The highest BCUT2D eigenvalue weighted by Crippen LogP contribution is 2.23. The fraction of sp³-hybridized carbons (Fsp3) is 0.312. The number of ether oxygens (including phenoxy) is 1. The lowest BCUT2D eigenvalue weighted by Crippen LogP contribution is -2.46. The van der Waals surface area contributed by atoms with Crippen LogP contribution in [0.15, 0.2) is 42.6 Å². The van der Waals surface area contributed by atoms with E-state index in [1.165, 1.54) is 11.8 Å². The van der Waals surface area contributed by atoms with Crippen molar-refractivity contribution in [3.05, 3.63) is 52.7 Å². The molecule has 3 rings (SSSR count). The lowest BCUT2D eigenvalue weighted by atomic mass is 10.2. The zero-order valence-electron chi connectivity index (χ0n) is 12.9. The average molecular weight is 314 g/mol. The van der Waals surface area contributed by atoms with Crippen molar-refractivity contribution < 1.29 is 9.66 Å². The molecule has 1 aromatic carbocycles. The van der Waals surface area contributed by atoms with Crippen molar-refractivity contribution in [2.24, 2.45) is 0 Å². The average Bonchev–Trinajstić information content (AvgIpc) is 2.62. The monoisotopic (exact) mass is 314 g/mol. The largest absolute Gasteiger partial charge is 0.497 e. The Labute approximate surface area is 134 Å². The van der Waals surface area contributed by atoms with Crippen LogP contribution in [-0.4, -0.2) is 43.2 Å². The molecule has 0 amide bonds. The summed E-state index contributed by atoms with van der Waals surface area (Å²) in [5, 5.41) is 10.6. The molecule has 0 atom stereocenters. The van der Waals surface area contributed by atoms with Crippen LogP contribution in [0, 0.1) is 10.1 Å². The highest BCUT2D eigenvalue weighted by molar-refractivity contribution is 5.53. The first-order valence-electron chi connectivity index (χ1n) is 7.42. The van der Waals surface area contributed by atoms with E-state index in [-0.39, 0.29) is 5.82 Å². The normalized spacial score (nSPS) is 14.7. The lowest BCUT2D eigenvalue weighted by molar-refractivity contribution is -0.389. The van der Waals surface area contributed by atoms with Gasteiger partial charge in [-0.25, -0.2) is 0 Å². The molecule has 1 saturated heterocycles. The molecule has 1 fully saturated rings. The summed E-state index contributed by atoms with van der Waals surface area (Å²) in [5.41, 5.74) is 2.09. The second-order valence-electron chi connectivity index (χ2n) is 5.30. The first kappa shape index (κ1) is 15.1. The third-order valence-electron chi connectivity index (χ3n) is 4.00. The van der Waals surface area contributed by atoms with Crippen LogP contribution >= 0.6 is 0 Å². The van der Waals surface area contributed by atoms with Gasteiger partial charge in [0.25, 0.3) is 0 Å². The minimum Gasteiger partial charge on any atom is -0.497 e. The molecular formula is C16H18N4O3.